The number of anilines is 1. The molecule has 7 heteroatoms. The molecule has 0 saturated carbocycles. The number of thiophene rings is 1. The minimum Gasteiger partial charge on any atom is -0.269 e. The number of hydrogen-bond acceptors (Lipinski definition) is 4. The zero-order valence-corrected chi connectivity index (χ0v) is 16.2. The average Bonchev–Trinajstić information content (AvgIpc) is 3.38. The lowest BCUT2D eigenvalue weighted by Crippen LogP contribution is -2.26. The first-order valence-corrected chi connectivity index (χ1v) is 10.6. The summed E-state index contributed by atoms with van der Waals surface area (Å²) >= 11 is 1.46. The van der Waals surface area contributed by atoms with E-state index in [1.165, 1.54) is 15.6 Å². The van der Waals surface area contributed by atoms with Crippen LogP contribution in [0.2, 0.25) is 0 Å². The third kappa shape index (κ3) is 3.27. The summed E-state index contributed by atoms with van der Waals surface area (Å²) < 4.78 is 29.6. The molecule has 27 heavy (non-hydrogen) atoms. The molecule has 0 bridgehead atoms. The first-order valence-electron chi connectivity index (χ1n) is 8.30. The van der Waals surface area contributed by atoms with E-state index >= 15 is 0 Å². The number of rotatable bonds is 5. The third-order valence-corrected chi connectivity index (χ3v) is 6.88. The fraction of sp³-hybridized carbons (Fsp3) is 0.0500. The molecule has 0 aliphatic heterocycles. The van der Waals surface area contributed by atoms with E-state index in [1.54, 1.807) is 30.1 Å². The van der Waals surface area contributed by atoms with E-state index < -0.39 is 10.0 Å². The van der Waals surface area contributed by atoms with Gasteiger partial charge in [0.1, 0.15) is 10.6 Å². The van der Waals surface area contributed by atoms with Crippen molar-refractivity contribution < 1.29 is 8.42 Å². The predicted molar refractivity (Wildman–Crippen MR) is 109 cm³/mol. The Balaban J connectivity index is 1.87. The van der Waals surface area contributed by atoms with Crippen LogP contribution >= 0.6 is 11.3 Å². The summed E-state index contributed by atoms with van der Waals surface area (Å²) in [4.78, 5) is 0.991. The molecule has 0 unspecified atom stereocenters. The number of para-hydroxylation sites is 2. The normalized spacial score (nSPS) is 11.4. The lowest BCUT2D eigenvalue weighted by molar-refractivity contribution is 0.594. The molecule has 0 saturated heterocycles. The molecule has 0 aliphatic carbocycles. The Morgan fingerprint density at radius 1 is 0.926 bits per heavy atom. The van der Waals surface area contributed by atoms with Crippen LogP contribution in [0.1, 0.15) is 0 Å². The predicted octanol–water partition coefficient (Wildman–Crippen LogP) is 4.43. The van der Waals surface area contributed by atoms with Crippen LogP contribution in [0.15, 0.2) is 89.3 Å². The number of benzene rings is 2. The first-order chi connectivity index (χ1) is 13.1. The number of aromatic nitrogens is 2. The van der Waals surface area contributed by atoms with Crippen molar-refractivity contribution in [3.05, 3.63) is 84.4 Å². The summed E-state index contributed by atoms with van der Waals surface area (Å²) in [5.74, 6) is 0. The van der Waals surface area contributed by atoms with E-state index in [9.17, 15) is 8.42 Å². The van der Waals surface area contributed by atoms with Crippen molar-refractivity contribution in [1.82, 2.24) is 9.78 Å². The van der Waals surface area contributed by atoms with E-state index in [0.29, 0.717) is 11.4 Å². The lowest BCUT2D eigenvalue weighted by atomic mass is 10.3. The molecule has 0 aliphatic rings. The van der Waals surface area contributed by atoms with Crippen molar-refractivity contribution >= 4 is 27.0 Å². The largest absolute Gasteiger partial charge is 0.269 e. The Labute approximate surface area is 162 Å². The second kappa shape index (κ2) is 7.02. The van der Waals surface area contributed by atoms with Crippen LogP contribution in [0.5, 0.6) is 0 Å². The summed E-state index contributed by atoms with van der Waals surface area (Å²) in [6.07, 6.45) is 1.58. The van der Waals surface area contributed by atoms with Gasteiger partial charge in [-0.25, -0.2) is 13.1 Å². The number of hydrogen-bond donors (Lipinski definition) is 0. The molecule has 4 aromatic rings. The first kappa shape index (κ1) is 17.5. The highest BCUT2D eigenvalue weighted by molar-refractivity contribution is 7.93. The van der Waals surface area contributed by atoms with Gasteiger partial charge in [-0.2, -0.15) is 5.10 Å². The van der Waals surface area contributed by atoms with E-state index in [2.05, 4.69) is 5.10 Å². The molecule has 0 spiro atoms. The van der Waals surface area contributed by atoms with Crippen LogP contribution in [-0.2, 0) is 10.0 Å². The maximum atomic E-state index is 13.4. The highest BCUT2D eigenvalue weighted by Gasteiger charge is 2.29. The molecule has 2 aromatic heterocycles. The van der Waals surface area contributed by atoms with Crippen molar-refractivity contribution in [2.45, 2.75) is 4.90 Å². The fourth-order valence-corrected chi connectivity index (χ4v) is 4.88. The highest BCUT2D eigenvalue weighted by Crippen LogP contribution is 2.33. The smallest absolute Gasteiger partial charge is 0.267 e. The van der Waals surface area contributed by atoms with E-state index in [0.717, 1.165) is 10.6 Å². The number of nitrogens with zero attached hydrogens (tertiary/aromatic N) is 3. The van der Waals surface area contributed by atoms with E-state index in [4.69, 9.17) is 0 Å². The van der Waals surface area contributed by atoms with Gasteiger partial charge in [0.15, 0.2) is 0 Å². The van der Waals surface area contributed by atoms with Crippen LogP contribution in [0.3, 0.4) is 0 Å². The van der Waals surface area contributed by atoms with Gasteiger partial charge < -0.3 is 0 Å². The Morgan fingerprint density at radius 3 is 2.22 bits per heavy atom. The maximum absolute atomic E-state index is 13.4. The summed E-state index contributed by atoms with van der Waals surface area (Å²) in [5, 5.41) is 6.50. The molecule has 0 radical (unpaired) electrons. The summed E-state index contributed by atoms with van der Waals surface area (Å²) in [6, 6.07) is 22.3. The van der Waals surface area contributed by atoms with Gasteiger partial charge in [-0.3, -0.25) is 4.31 Å². The maximum Gasteiger partial charge on any atom is 0.267 e. The fourth-order valence-electron chi connectivity index (χ4n) is 2.77. The molecule has 136 valence electrons. The van der Waals surface area contributed by atoms with Crippen molar-refractivity contribution in [2.75, 3.05) is 11.4 Å². The molecule has 0 amide bonds. The molecular formula is C20H17N3O2S2. The van der Waals surface area contributed by atoms with Crippen LogP contribution < -0.4 is 4.31 Å². The highest BCUT2D eigenvalue weighted by atomic mass is 32.2. The average molecular weight is 396 g/mol. The van der Waals surface area contributed by atoms with Gasteiger partial charge in [-0.15, -0.1) is 11.3 Å². The summed E-state index contributed by atoms with van der Waals surface area (Å²) in [5.41, 5.74) is 1.86. The zero-order chi connectivity index (χ0) is 18.9. The summed E-state index contributed by atoms with van der Waals surface area (Å²) in [6.45, 7) is 0. The number of sulfonamides is 1. The lowest BCUT2D eigenvalue weighted by Gasteiger charge is -2.19. The Bertz CT molecular complexity index is 1140. The topological polar surface area (TPSA) is 55.2 Å². The molecule has 5 nitrogen and oxygen atoms in total. The van der Waals surface area contributed by atoms with E-state index in [-0.39, 0.29) is 4.90 Å². The molecule has 2 aromatic carbocycles. The Kier molecular flexibility index (Phi) is 4.55. The minimum atomic E-state index is -3.78. The Hall–Kier alpha value is -2.90. The van der Waals surface area contributed by atoms with Crippen LogP contribution in [-0.4, -0.2) is 25.2 Å². The second-order valence-corrected chi connectivity index (χ2v) is 8.79. The molecular weight excluding hydrogens is 378 g/mol. The van der Waals surface area contributed by atoms with Crippen LogP contribution in [0.25, 0.3) is 16.3 Å². The zero-order valence-electron chi connectivity index (χ0n) is 14.6. The van der Waals surface area contributed by atoms with Gasteiger partial charge in [0, 0.05) is 7.05 Å². The van der Waals surface area contributed by atoms with Crippen LogP contribution in [0.4, 0.5) is 5.69 Å². The van der Waals surface area contributed by atoms with Gasteiger partial charge in [-0.05, 0) is 35.7 Å². The minimum absolute atomic E-state index is 0.181. The molecule has 0 fully saturated rings. The Morgan fingerprint density at radius 2 is 1.59 bits per heavy atom. The van der Waals surface area contributed by atoms with Gasteiger partial charge in [-0.1, -0.05) is 42.5 Å². The molecule has 0 N–H and O–H groups in total. The van der Waals surface area contributed by atoms with Gasteiger partial charge in [0.25, 0.3) is 10.0 Å². The second-order valence-electron chi connectivity index (χ2n) is 5.91. The third-order valence-electron chi connectivity index (χ3n) is 4.21. The van der Waals surface area contributed by atoms with E-state index in [1.807, 2.05) is 66.0 Å². The SMILES string of the molecule is CN(c1ccccc1)S(=O)(=O)c1cn(-c2ccccc2)nc1-c1cccs1. The van der Waals surface area contributed by atoms with Crippen molar-refractivity contribution in [1.29, 1.82) is 0 Å². The molecule has 0 atom stereocenters. The van der Waals surface area contributed by atoms with Crippen LogP contribution in [0, 0.1) is 0 Å². The standard InChI is InChI=1S/C20H17N3O2S2/c1-22(16-9-4-2-5-10-16)27(24,25)19-15-23(17-11-6-3-7-12-17)21-20(19)18-13-8-14-26-18/h2-15H,1H3. The summed E-state index contributed by atoms with van der Waals surface area (Å²) in [7, 11) is -2.22. The quantitative estimate of drug-likeness (QED) is 0.502. The van der Waals surface area contributed by atoms with Gasteiger partial charge in [0.2, 0.25) is 0 Å². The molecule has 4 rings (SSSR count). The van der Waals surface area contributed by atoms with Gasteiger partial charge in [0.05, 0.1) is 22.4 Å². The monoisotopic (exact) mass is 395 g/mol. The van der Waals surface area contributed by atoms with Gasteiger partial charge >= 0.3 is 0 Å². The van der Waals surface area contributed by atoms with Crippen molar-refractivity contribution in [3.8, 4) is 16.3 Å². The van der Waals surface area contributed by atoms with Crippen molar-refractivity contribution in [2.24, 2.45) is 0 Å². The van der Waals surface area contributed by atoms with Crippen molar-refractivity contribution in [3.63, 3.8) is 0 Å². The molecule has 2 heterocycles.